The molecule has 0 radical (unpaired) electrons. The number of amides is 1. The summed E-state index contributed by atoms with van der Waals surface area (Å²) in [7, 11) is 0. The number of anilines is 4. The van der Waals surface area contributed by atoms with Crippen LogP contribution in [-0.2, 0) is 0 Å². The minimum atomic E-state index is -0.182. The first-order valence-electron chi connectivity index (χ1n) is 7.36. The first kappa shape index (κ1) is 15.9. The Morgan fingerprint density at radius 3 is 2.54 bits per heavy atom. The molecule has 3 aromatic rings. The van der Waals surface area contributed by atoms with Crippen LogP contribution < -0.4 is 16.4 Å². The van der Waals surface area contributed by atoms with Crippen molar-refractivity contribution in [3.63, 3.8) is 0 Å². The van der Waals surface area contributed by atoms with Gasteiger partial charge in [0.05, 0.1) is 6.20 Å². The van der Waals surface area contributed by atoms with Gasteiger partial charge in [-0.1, -0.05) is 35.6 Å². The smallest absolute Gasteiger partial charge is 0.267 e. The number of hydrogen-bond donors (Lipinski definition) is 3. The van der Waals surface area contributed by atoms with Crippen molar-refractivity contribution >= 4 is 39.7 Å². The lowest BCUT2D eigenvalue weighted by Crippen LogP contribution is -2.12. The molecule has 2 aromatic heterocycles. The number of hydrogen-bond acceptors (Lipinski definition) is 6. The predicted octanol–water partition coefficient (Wildman–Crippen LogP) is 3.73. The van der Waals surface area contributed by atoms with Gasteiger partial charge in [-0.25, -0.2) is 9.97 Å². The van der Waals surface area contributed by atoms with E-state index in [0.29, 0.717) is 21.6 Å². The van der Waals surface area contributed by atoms with E-state index in [9.17, 15) is 4.79 Å². The third-order valence-electron chi connectivity index (χ3n) is 3.45. The van der Waals surface area contributed by atoms with Gasteiger partial charge in [-0.2, -0.15) is 0 Å². The van der Waals surface area contributed by atoms with Crippen molar-refractivity contribution in [2.24, 2.45) is 0 Å². The van der Waals surface area contributed by atoms with Crippen molar-refractivity contribution in [3.05, 3.63) is 58.6 Å². The zero-order chi connectivity index (χ0) is 17.1. The summed E-state index contributed by atoms with van der Waals surface area (Å²) in [6.07, 6.45) is 1.54. The molecule has 1 aromatic carbocycles. The van der Waals surface area contributed by atoms with E-state index >= 15 is 0 Å². The van der Waals surface area contributed by atoms with E-state index in [4.69, 9.17) is 5.73 Å². The average Bonchev–Trinajstić information content (AvgIpc) is 2.99. The van der Waals surface area contributed by atoms with Crippen LogP contribution >= 0.6 is 11.3 Å². The van der Waals surface area contributed by atoms with Crippen LogP contribution in [0.3, 0.4) is 0 Å². The van der Waals surface area contributed by atoms with E-state index in [1.165, 1.54) is 11.3 Å². The lowest BCUT2D eigenvalue weighted by Gasteiger charge is -2.10. The molecule has 7 heteroatoms. The highest BCUT2D eigenvalue weighted by molar-refractivity contribution is 7.17. The minimum absolute atomic E-state index is 0.182. The van der Waals surface area contributed by atoms with Crippen molar-refractivity contribution in [1.82, 2.24) is 9.97 Å². The lowest BCUT2D eigenvalue weighted by atomic mass is 10.1. The summed E-state index contributed by atoms with van der Waals surface area (Å²) in [5, 5.41) is 6.58. The molecule has 0 aliphatic heterocycles. The van der Waals surface area contributed by atoms with E-state index in [-0.39, 0.29) is 5.91 Å². The fourth-order valence-corrected chi connectivity index (χ4v) is 2.97. The van der Waals surface area contributed by atoms with Gasteiger partial charge in [-0.15, -0.1) is 0 Å². The van der Waals surface area contributed by atoms with Crippen LogP contribution in [0, 0.1) is 13.8 Å². The molecule has 0 atom stereocenters. The molecule has 0 saturated carbocycles. The number of rotatable bonds is 4. The number of nitrogens with two attached hydrogens (primary N) is 1. The molecule has 122 valence electrons. The number of nitrogens with zero attached hydrogens (tertiary/aromatic N) is 2. The average molecular weight is 339 g/mol. The number of carbonyl (C=O) groups excluding carboxylic acids is 1. The SMILES string of the molecule is Cc1cccc(C)c1NC(=O)c1cnc(Nc2cccc(N)n2)s1. The second-order valence-electron chi connectivity index (χ2n) is 5.32. The summed E-state index contributed by atoms with van der Waals surface area (Å²) in [4.78, 5) is 21.3. The second-order valence-corrected chi connectivity index (χ2v) is 6.35. The normalized spacial score (nSPS) is 10.4. The van der Waals surface area contributed by atoms with Gasteiger partial charge in [-0.3, -0.25) is 4.79 Å². The molecule has 0 spiro atoms. The molecule has 0 saturated heterocycles. The lowest BCUT2D eigenvalue weighted by molar-refractivity contribution is 0.103. The molecule has 0 aliphatic rings. The Kier molecular flexibility index (Phi) is 4.43. The Bertz CT molecular complexity index is 870. The van der Waals surface area contributed by atoms with Gasteiger partial charge in [0.2, 0.25) is 0 Å². The van der Waals surface area contributed by atoms with Gasteiger partial charge in [0, 0.05) is 5.69 Å². The van der Waals surface area contributed by atoms with Crippen molar-refractivity contribution in [3.8, 4) is 0 Å². The van der Waals surface area contributed by atoms with Crippen molar-refractivity contribution < 1.29 is 4.79 Å². The van der Waals surface area contributed by atoms with Crippen LogP contribution in [0.25, 0.3) is 0 Å². The minimum Gasteiger partial charge on any atom is -0.384 e. The zero-order valence-corrected chi connectivity index (χ0v) is 14.1. The van der Waals surface area contributed by atoms with Crippen LogP contribution in [0.15, 0.2) is 42.6 Å². The maximum absolute atomic E-state index is 12.4. The second kappa shape index (κ2) is 6.67. The van der Waals surface area contributed by atoms with Crippen LogP contribution in [-0.4, -0.2) is 15.9 Å². The maximum atomic E-state index is 12.4. The molecule has 0 fully saturated rings. The molecule has 0 unspecified atom stereocenters. The molecule has 0 aliphatic carbocycles. The van der Waals surface area contributed by atoms with Gasteiger partial charge in [0.1, 0.15) is 16.5 Å². The van der Waals surface area contributed by atoms with Crippen molar-refractivity contribution in [1.29, 1.82) is 0 Å². The highest BCUT2D eigenvalue weighted by Crippen LogP contribution is 2.25. The van der Waals surface area contributed by atoms with Crippen LogP contribution in [0.5, 0.6) is 0 Å². The van der Waals surface area contributed by atoms with Gasteiger partial charge in [-0.05, 0) is 37.1 Å². The van der Waals surface area contributed by atoms with Crippen LogP contribution in [0.2, 0.25) is 0 Å². The predicted molar refractivity (Wildman–Crippen MR) is 97.9 cm³/mol. The van der Waals surface area contributed by atoms with Crippen molar-refractivity contribution in [2.45, 2.75) is 13.8 Å². The number of aromatic nitrogens is 2. The fourth-order valence-electron chi connectivity index (χ4n) is 2.25. The van der Waals surface area contributed by atoms with Gasteiger partial charge in [0.25, 0.3) is 5.91 Å². The highest BCUT2D eigenvalue weighted by atomic mass is 32.1. The number of nitrogens with one attached hydrogen (secondary N) is 2. The summed E-state index contributed by atoms with van der Waals surface area (Å²) in [5.41, 5.74) is 8.53. The van der Waals surface area contributed by atoms with E-state index in [1.807, 2.05) is 32.0 Å². The molecule has 1 amide bonds. The molecule has 2 heterocycles. The van der Waals surface area contributed by atoms with Gasteiger partial charge >= 0.3 is 0 Å². The quantitative estimate of drug-likeness (QED) is 0.673. The zero-order valence-electron chi connectivity index (χ0n) is 13.3. The van der Waals surface area contributed by atoms with E-state index < -0.39 is 0 Å². The number of thiazole rings is 1. The van der Waals surface area contributed by atoms with E-state index in [0.717, 1.165) is 16.8 Å². The van der Waals surface area contributed by atoms with Crippen molar-refractivity contribution in [2.75, 3.05) is 16.4 Å². The molecule has 6 nitrogen and oxygen atoms in total. The third kappa shape index (κ3) is 3.52. The molecule has 0 bridgehead atoms. The molecular weight excluding hydrogens is 322 g/mol. The van der Waals surface area contributed by atoms with Gasteiger partial charge in [0.15, 0.2) is 5.13 Å². The van der Waals surface area contributed by atoms with Crippen LogP contribution in [0.1, 0.15) is 20.8 Å². The number of nitrogen functional groups attached to an aromatic ring is 1. The first-order chi connectivity index (χ1) is 11.5. The summed E-state index contributed by atoms with van der Waals surface area (Å²) >= 11 is 1.26. The highest BCUT2D eigenvalue weighted by Gasteiger charge is 2.13. The number of benzene rings is 1. The number of pyridine rings is 1. The largest absolute Gasteiger partial charge is 0.384 e. The molecule has 24 heavy (non-hydrogen) atoms. The summed E-state index contributed by atoms with van der Waals surface area (Å²) < 4.78 is 0. The monoisotopic (exact) mass is 339 g/mol. The standard InChI is InChI=1S/C17H17N5OS/c1-10-5-3-6-11(2)15(10)22-16(23)12-9-19-17(24-12)21-14-8-4-7-13(18)20-14/h3-9H,1-2H3,(H,22,23)(H3,18,19,20,21). The Morgan fingerprint density at radius 1 is 1.12 bits per heavy atom. The summed E-state index contributed by atoms with van der Waals surface area (Å²) in [6, 6.07) is 11.2. The number of aryl methyl sites for hydroxylation is 2. The van der Waals surface area contributed by atoms with E-state index in [1.54, 1.807) is 24.4 Å². The Labute approximate surface area is 143 Å². The Hall–Kier alpha value is -2.93. The summed E-state index contributed by atoms with van der Waals surface area (Å²) in [5.74, 6) is 0.828. The topological polar surface area (TPSA) is 92.9 Å². The molecular formula is C17H17N5OS. The maximum Gasteiger partial charge on any atom is 0.267 e. The van der Waals surface area contributed by atoms with E-state index in [2.05, 4.69) is 20.6 Å². The summed E-state index contributed by atoms with van der Waals surface area (Å²) in [6.45, 7) is 3.93. The number of para-hydroxylation sites is 1. The Morgan fingerprint density at radius 2 is 1.83 bits per heavy atom. The molecule has 3 rings (SSSR count). The molecule has 4 N–H and O–H groups in total. The third-order valence-corrected chi connectivity index (χ3v) is 4.37. The van der Waals surface area contributed by atoms with Gasteiger partial charge < -0.3 is 16.4 Å². The van der Waals surface area contributed by atoms with Crippen LogP contribution in [0.4, 0.5) is 22.5 Å². The fraction of sp³-hybridized carbons (Fsp3) is 0.118. The first-order valence-corrected chi connectivity index (χ1v) is 8.17. The number of carbonyl (C=O) groups is 1. The Balaban J connectivity index is 1.74.